The van der Waals surface area contributed by atoms with Gasteiger partial charge in [-0.25, -0.2) is 9.97 Å². The summed E-state index contributed by atoms with van der Waals surface area (Å²) in [6.07, 6.45) is 6.47. The van der Waals surface area contributed by atoms with Crippen LogP contribution in [-0.2, 0) is 17.1 Å². The van der Waals surface area contributed by atoms with Crippen LogP contribution in [0.4, 0.5) is 5.82 Å². The van der Waals surface area contributed by atoms with Gasteiger partial charge in [0.2, 0.25) is 0 Å². The summed E-state index contributed by atoms with van der Waals surface area (Å²) < 4.78 is 7.28. The average molecular weight is 428 g/mol. The standard InChI is InChI=1S/C22H29N5O2S/c1-3-16(12-29-30-23)22(2,28)13-27-11-10-18-20(24-14-25-21(18)27)26-19-9-8-15-6-4-5-7-17(15)19/h4-7,10-11,14,16,19,28H,3,8-9,12-13,23H2,1-2H3,(H,24,25,26)/t16-,19-,22-/m0/s1. The summed E-state index contributed by atoms with van der Waals surface area (Å²) in [6, 6.07) is 10.8. The number of anilines is 1. The molecule has 0 amide bonds. The summed E-state index contributed by atoms with van der Waals surface area (Å²) in [5.74, 6) is 0.787. The third-order valence-electron chi connectivity index (χ3n) is 6.20. The van der Waals surface area contributed by atoms with Crippen LogP contribution in [0.25, 0.3) is 11.0 Å². The Bertz CT molecular complexity index is 1010. The van der Waals surface area contributed by atoms with Gasteiger partial charge in [-0.1, -0.05) is 31.2 Å². The van der Waals surface area contributed by atoms with Crippen molar-refractivity contribution in [3.63, 3.8) is 0 Å². The molecule has 0 radical (unpaired) electrons. The number of aromatic nitrogens is 3. The van der Waals surface area contributed by atoms with Crippen LogP contribution in [0.2, 0.25) is 0 Å². The van der Waals surface area contributed by atoms with Crippen molar-refractivity contribution in [3.05, 3.63) is 54.0 Å². The number of nitrogens with two attached hydrogens (primary N) is 1. The fraction of sp³-hybridized carbons (Fsp3) is 0.455. The Hall–Kier alpha value is -2.13. The first-order chi connectivity index (χ1) is 14.5. The monoisotopic (exact) mass is 427 g/mol. The van der Waals surface area contributed by atoms with Crippen molar-refractivity contribution >= 4 is 29.1 Å². The molecule has 0 unspecified atom stereocenters. The van der Waals surface area contributed by atoms with Crippen LogP contribution in [0.5, 0.6) is 0 Å². The minimum atomic E-state index is -0.959. The van der Waals surface area contributed by atoms with Gasteiger partial charge < -0.3 is 19.2 Å². The molecule has 2 aromatic heterocycles. The van der Waals surface area contributed by atoms with Gasteiger partial charge in [-0.05, 0) is 43.4 Å². The summed E-state index contributed by atoms with van der Waals surface area (Å²) in [7, 11) is 0. The second kappa shape index (κ2) is 8.93. The molecule has 30 heavy (non-hydrogen) atoms. The molecule has 8 heteroatoms. The van der Waals surface area contributed by atoms with E-state index in [4.69, 9.17) is 9.32 Å². The molecule has 0 saturated heterocycles. The van der Waals surface area contributed by atoms with Crippen molar-refractivity contribution in [3.8, 4) is 0 Å². The Morgan fingerprint density at radius 3 is 3.00 bits per heavy atom. The highest BCUT2D eigenvalue weighted by molar-refractivity contribution is 7.92. The van der Waals surface area contributed by atoms with Crippen LogP contribution in [0, 0.1) is 5.92 Å². The van der Waals surface area contributed by atoms with Gasteiger partial charge in [0.25, 0.3) is 0 Å². The Morgan fingerprint density at radius 2 is 2.20 bits per heavy atom. The topological polar surface area (TPSA) is 98.2 Å². The third kappa shape index (κ3) is 4.18. The number of rotatable bonds is 9. The first-order valence-corrected chi connectivity index (χ1v) is 11.2. The van der Waals surface area contributed by atoms with Crippen LogP contribution < -0.4 is 10.5 Å². The fourth-order valence-corrected chi connectivity index (χ4v) is 4.69. The van der Waals surface area contributed by atoms with Gasteiger partial charge in [-0.2, -0.15) is 0 Å². The molecule has 3 aromatic rings. The molecule has 0 aliphatic heterocycles. The molecule has 1 aliphatic carbocycles. The van der Waals surface area contributed by atoms with Crippen molar-refractivity contribution in [1.82, 2.24) is 14.5 Å². The van der Waals surface area contributed by atoms with E-state index in [2.05, 4.69) is 39.6 Å². The van der Waals surface area contributed by atoms with Gasteiger partial charge in [-0.3, -0.25) is 5.14 Å². The Kier molecular flexibility index (Phi) is 6.29. The predicted octanol–water partition coefficient (Wildman–Crippen LogP) is 3.85. The van der Waals surface area contributed by atoms with Crippen molar-refractivity contribution in [2.24, 2.45) is 11.1 Å². The number of aliphatic hydroxyl groups is 1. The molecule has 0 saturated carbocycles. The molecule has 3 atom stereocenters. The summed E-state index contributed by atoms with van der Waals surface area (Å²) in [5.41, 5.74) is 2.59. The molecule has 2 heterocycles. The summed E-state index contributed by atoms with van der Waals surface area (Å²) >= 11 is 0.837. The van der Waals surface area contributed by atoms with Crippen LogP contribution in [0.1, 0.15) is 43.9 Å². The molecule has 0 fully saturated rings. The second-order valence-electron chi connectivity index (χ2n) is 8.18. The Morgan fingerprint density at radius 1 is 1.37 bits per heavy atom. The van der Waals surface area contributed by atoms with Gasteiger partial charge in [-0.15, -0.1) is 0 Å². The van der Waals surface area contributed by atoms with Crippen LogP contribution in [0.3, 0.4) is 0 Å². The Balaban J connectivity index is 1.56. The van der Waals surface area contributed by atoms with E-state index in [1.165, 1.54) is 11.1 Å². The highest BCUT2D eigenvalue weighted by Gasteiger charge is 2.32. The largest absolute Gasteiger partial charge is 0.388 e. The van der Waals surface area contributed by atoms with Gasteiger partial charge >= 0.3 is 0 Å². The lowest BCUT2D eigenvalue weighted by Crippen LogP contribution is -2.41. The quantitative estimate of drug-likeness (QED) is 0.352. The lowest BCUT2D eigenvalue weighted by molar-refractivity contribution is -0.0316. The maximum atomic E-state index is 11.1. The number of hydrogen-bond acceptors (Lipinski definition) is 7. The smallest absolute Gasteiger partial charge is 0.145 e. The predicted molar refractivity (Wildman–Crippen MR) is 121 cm³/mol. The zero-order valence-corrected chi connectivity index (χ0v) is 18.2. The first kappa shape index (κ1) is 21.1. The van der Waals surface area contributed by atoms with Crippen LogP contribution >= 0.6 is 12.2 Å². The zero-order chi connectivity index (χ0) is 21.1. The highest BCUT2D eigenvalue weighted by atomic mass is 32.2. The summed E-state index contributed by atoms with van der Waals surface area (Å²) in [5, 5.41) is 21.1. The first-order valence-electron chi connectivity index (χ1n) is 10.4. The van der Waals surface area contributed by atoms with E-state index in [1.54, 1.807) is 6.33 Å². The molecular weight excluding hydrogens is 398 g/mol. The maximum absolute atomic E-state index is 11.1. The SMILES string of the molecule is CC[C@@H](COSN)[C@@](C)(O)Cn1ccc2c(N[C@H]3CCc4ccccc43)ncnc21. The summed E-state index contributed by atoms with van der Waals surface area (Å²) in [6.45, 7) is 4.69. The lowest BCUT2D eigenvalue weighted by Gasteiger charge is -2.32. The number of fused-ring (bicyclic) bond motifs is 2. The van der Waals surface area contributed by atoms with E-state index in [0.717, 1.165) is 48.3 Å². The van der Waals surface area contributed by atoms with Crippen LogP contribution in [-0.4, -0.2) is 31.8 Å². The lowest BCUT2D eigenvalue weighted by atomic mass is 9.87. The highest BCUT2D eigenvalue weighted by Crippen LogP contribution is 2.35. The van der Waals surface area contributed by atoms with Gasteiger partial charge in [0.15, 0.2) is 0 Å². The molecule has 7 nitrogen and oxygen atoms in total. The number of aryl methyl sites for hydroxylation is 1. The van der Waals surface area contributed by atoms with Crippen molar-refractivity contribution in [1.29, 1.82) is 0 Å². The van der Waals surface area contributed by atoms with E-state index in [9.17, 15) is 5.11 Å². The molecule has 1 aliphatic rings. The van der Waals surface area contributed by atoms with E-state index in [-0.39, 0.29) is 12.0 Å². The molecule has 0 bridgehead atoms. The molecule has 160 valence electrons. The van der Waals surface area contributed by atoms with E-state index in [1.807, 2.05) is 30.7 Å². The zero-order valence-electron chi connectivity index (χ0n) is 17.4. The van der Waals surface area contributed by atoms with E-state index < -0.39 is 5.60 Å². The van der Waals surface area contributed by atoms with Crippen molar-refractivity contribution in [2.75, 3.05) is 11.9 Å². The third-order valence-corrected chi connectivity index (χ3v) is 6.47. The van der Waals surface area contributed by atoms with E-state index in [0.29, 0.717) is 13.2 Å². The fourth-order valence-electron chi connectivity index (χ4n) is 4.45. The Labute approximate surface area is 181 Å². The molecular formula is C22H29N5O2S. The van der Waals surface area contributed by atoms with Crippen molar-refractivity contribution in [2.45, 2.75) is 51.3 Å². The maximum Gasteiger partial charge on any atom is 0.145 e. The second-order valence-corrected chi connectivity index (χ2v) is 8.61. The molecule has 4 rings (SSSR count). The number of benzene rings is 1. The normalized spacial score (nSPS) is 18.9. The van der Waals surface area contributed by atoms with Gasteiger partial charge in [0, 0.05) is 12.1 Å². The number of hydrogen-bond donors (Lipinski definition) is 3. The average Bonchev–Trinajstić information content (AvgIpc) is 3.33. The molecule has 0 spiro atoms. The molecule has 4 N–H and O–H groups in total. The van der Waals surface area contributed by atoms with Gasteiger partial charge in [0.1, 0.15) is 17.8 Å². The molecule has 1 aromatic carbocycles. The minimum Gasteiger partial charge on any atom is -0.388 e. The van der Waals surface area contributed by atoms with Crippen LogP contribution in [0.15, 0.2) is 42.9 Å². The number of nitrogens with one attached hydrogen (secondary N) is 1. The number of nitrogens with zero attached hydrogens (tertiary/aromatic N) is 3. The van der Waals surface area contributed by atoms with Gasteiger partial charge in [0.05, 0.1) is 42.4 Å². The summed E-state index contributed by atoms with van der Waals surface area (Å²) in [4.78, 5) is 9.01. The van der Waals surface area contributed by atoms with Crippen molar-refractivity contribution < 1.29 is 9.29 Å². The van der Waals surface area contributed by atoms with E-state index >= 15 is 0 Å². The minimum absolute atomic E-state index is 0.0413.